The van der Waals surface area contributed by atoms with E-state index in [9.17, 15) is 8.78 Å². The van der Waals surface area contributed by atoms with Crippen molar-refractivity contribution < 1.29 is 13.5 Å². The average molecular weight is 314 g/mol. The molecule has 1 nitrogen and oxygen atoms in total. The van der Waals surface area contributed by atoms with Crippen molar-refractivity contribution >= 4 is 0 Å². The van der Waals surface area contributed by atoms with Crippen molar-refractivity contribution in [1.29, 1.82) is 0 Å². The molecule has 0 bridgehead atoms. The first-order valence-corrected chi connectivity index (χ1v) is 9.48. The van der Waals surface area contributed by atoms with Gasteiger partial charge in [0.2, 0.25) is 0 Å². The molecule has 0 spiro atoms. The lowest BCUT2D eigenvalue weighted by atomic mass is 9.71. The van der Waals surface area contributed by atoms with Gasteiger partial charge in [-0.2, -0.15) is 0 Å². The largest absolute Gasteiger partial charge is 0.372 e. The fourth-order valence-corrected chi connectivity index (χ4v) is 4.95. The van der Waals surface area contributed by atoms with E-state index in [0.29, 0.717) is 0 Å². The van der Waals surface area contributed by atoms with Gasteiger partial charge in [0.1, 0.15) is 6.17 Å². The molecule has 0 amide bonds. The molecule has 1 aliphatic heterocycles. The van der Waals surface area contributed by atoms with Crippen LogP contribution in [0.5, 0.6) is 0 Å². The number of halogens is 2. The van der Waals surface area contributed by atoms with Crippen molar-refractivity contribution in [2.75, 3.05) is 0 Å². The average Bonchev–Trinajstić information content (AvgIpc) is 2.52. The second-order valence-electron chi connectivity index (χ2n) is 8.34. The van der Waals surface area contributed by atoms with Crippen LogP contribution in [0.2, 0.25) is 0 Å². The van der Waals surface area contributed by atoms with Gasteiger partial charge < -0.3 is 4.74 Å². The molecule has 1 heterocycles. The molecule has 2 saturated carbocycles. The van der Waals surface area contributed by atoms with Crippen LogP contribution in [0.25, 0.3) is 0 Å². The molecule has 3 aliphatic rings. The monoisotopic (exact) mass is 314 g/mol. The Labute approximate surface area is 134 Å². The van der Waals surface area contributed by atoms with Crippen LogP contribution < -0.4 is 0 Å². The Bertz CT molecular complexity index is 351. The normalized spacial score (nSPS) is 49.6. The van der Waals surface area contributed by atoms with E-state index >= 15 is 0 Å². The molecule has 3 fully saturated rings. The third-order valence-corrected chi connectivity index (χ3v) is 6.55. The quantitative estimate of drug-likeness (QED) is 0.671. The molecule has 0 aromatic rings. The Kier molecular flexibility index (Phi) is 5.42. The van der Waals surface area contributed by atoms with Gasteiger partial charge in [-0.3, -0.25) is 0 Å². The van der Waals surface area contributed by atoms with Crippen LogP contribution in [0.1, 0.15) is 71.6 Å². The molecule has 3 rings (SSSR count). The first kappa shape index (κ1) is 16.7. The van der Waals surface area contributed by atoms with Gasteiger partial charge in [-0.1, -0.05) is 39.0 Å². The highest BCUT2D eigenvalue weighted by Crippen LogP contribution is 2.44. The summed E-state index contributed by atoms with van der Waals surface area (Å²) in [6.07, 6.45) is 6.92. The van der Waals surface area contributed by atoms with Crippen LogP contribution in [0.4, 0.5) is 8.78 Å². The smallest absolute Gasteiger partial charge is 0.158 e. The Hall–Kier alpha value is -0.180. The van der Waals surface area contributed by atoms with Crippen molar-refractivity contribution in [2.45, 2.75) is 96.2 Å². The van der Waals surface area contributed by atoms with Gasteiger partial charge in [0.25, 0.3) is 0 Å². The number of alkyl halides is 2. The topological polar surface area (TPSA) is 9.23 Å². The van der Waals surface area contributed by atoms with Crippen LogP contribution >= 0.6 is 0 Å². The minimum absolute atomic E-state index is 0.0763. The molecular weight excluding hydrogens is 282 g/mol. The zero-order valence-corrected chi connectivity index (χ0v) is 14.1. The summed E-state index contributed by atoms with van der Waals surface area (Å²) in [5.74, 6) is 1.78. The zero-order chi connectivity index (χ0) is 15.7. The van der Waals surface area contributed by atoms with E-state index in [-0.39, 0.29) is 17.9 Å². The molecule has 2 aliphatic carbocycles. The SMILES string of the molecule is CC1CCC(CCC2CC3CCC(C)OC3C(F)C2F)CC1. The Morgan fingerprint density at radius 1 is 0.864 bits per heavy atom. The van der Waals surface area contributed by atoms with Gasteiger partial charge in [0.15, 0.2) is 6.17 Å². The molecule has 0 radical (unpaired) electrons. The fraction of sp³-hybridized carbons (Fsp3) is 1.00. The highest BCUT2D eigenvalue weighted by molar-refractivity contribution is 4.96. The number of ether oxygens (including phenoxy) is 1. The van der Waals surface area contributed by atoms with E-state index in [1.54, 1.807) is 0 Å². The maximum Gasteiger partial charge on any atom is 0.158 e. The summed E-state index contributed by atoms with van der Waals surface area (Å²) in [5.41, 5.74) is 0. The van der Waals surface area contributed by atoms with Gasteiger partial charge >= 0.3 is 0 Å². The highest BCUT2D eigenvalue weighted by atomic mass is 19.2. The fourth-order valence-electron chi connectivity index (χ4n) is 4.95. The summed E-state index contributed by atoms with van der Waals surface area (Å²) < 4.78 is 34.7. The first-order valence-electron chi connectivity index (χ1n) is 9.48. The Balaban J connectivity index is 1.51. The van der Waals surface area contributed by atoms with E-state index in [1.807, 2.05) is 6.92 Å². The van der Waals surface area contributed by atoms with Gasteiger partial charge in [0.05, 0.1) is 12.2 Å². The maximum atomic E-state index is 14.5. The maximum absolute atomic E-state index is 14.5. The molecule has 22 heavy (non-hydrogen) atoms. The summed E-state index contributed by atoms with van der Waals surface area (Å²) in [5, 5.41) is 0. The lowest BCUT2D eigenvalue weighted by molar-refractivity contribution is -0.157. The minimum Gasteiger partial charge on any atom is -0.372 e. The first-order chi connectivity index (χ1) is 10.5. The molecule has 6 atom stereocenters. The van der Waals surface area contributed by atoms with Crippen molar-refractivity contribution in [3.8, 4) is 0 Å². The lowest BCUT2D eigenvalue weighted by Gasteiger charge is -2.45. The molecular formula is C19H32F2O. The summed E-state index contributed by atoms with van der Waals surface area (Å²) in [6.45, 7) is 4.30. The van der Waals surface area contributed by atoms with Crippen LogP contribution in [-0.4, -0.2) is 24.6 Å². The molecule has 1 saturated heterocycles. The molecule has 3 heteroatoms. The van der Waals surface area contributed by atoms with E-state index in [4.69, 9.17) is 4.74 Å². The van der Waals surface area contributed by atoms with Crippen molar-refractivity contribution in [2.24, 2.45) is 23.7 Å². The van der Waals surface area contributed by atoms with Crippen molar-refractivity contribution in [3.63, 3.8) is 0 Å². The van der Waals surface area contributed by atoms with Crippen LogP contribution in [0.15, 0.2) is 0 Å². The number of hydrogen-bond donors (Lipinski definition) is 0. The second kappa shape index (κ2) is 7.15. The molecule has 0 N–H and O–H groups in total. The number of fused-ring (bicyclic) bond motifs is 1. The van der Waals surface area contributed by atoms with Gasteiger partial charge in [-0.05, 0) is 56.3 Å². The van der Waals surface area contributed by atoms with Gasteiger partial charge in [-0.15, -0.1) is 0 Å². The number of rotatable bonds is 3. The van der Waals surface area contributed by atoms with E-state index in [2.05, 4.69) is 6.92 Å². The highest BCUT2D eigenvalue weighted by Gasteiger charge is 2.48. The molecule has 6 unspecified atom stereocenters. The molecule has 0 aromatic carbocycles. The van der Waals surface area contributed by atoms with Crippen molar-refractivity contribution in [3.05, 3.63) is 0 Å². The van der Waals surface area contributed by atoms with E-state index < -0.39 is 18.4 Å². The third kappa shape index (κ3) is 3.66. The van der Waals surface area contributed by atoms with Gasteiger partial charge in [-0.25, -0.2) is 8.78 Å². The van der Waals surface area contributed by atoms with E-state index in [1.165, 1.54) is 25.7 Å². The Morgan fingerprint density at radius 3 is 2.32 bits per heavy atom. The molecule has 0 aromatic heterocycles. The van der Waals surface area contributed by atoms with E-state index in [0.717, 1.165) is 43.9 Å². The predicted molar refractivity (Wildman–Crippen MR) is 85.3 cm³/mol. The van der Waals surface area contributed by atoms with Crippen molar-refractivity contribution in [1.82, 2.24) is 0 Å². The summed E-state index contributed by atoms with van der Waals surface area (Å²) in [7, 11) is 0. The van der Waals surface area contributed by atoms with Crippen LogP contribution in [-0.2, 0) is 4.74 Å². The number of hydrogen-bond acceptors (Lipinski definition) is 1. The third-order valence-electron chi connectivity index (χ3n) is 6.55. The summed E-state index contributed by atoms with van der Waals surface area (Å²) >= 11 is 0. The summed E-state index contributed by atoms with van der Waals surface area (Å²) in [4.78, 5) is 0. The lowest BCUT2D eigenvalue weighted by Crippen LogP contribution is -2.51. The predicted octanol–water partition coefficient (Wildman–Crippen LogP) is 5.47. The minimum atomic E-state index is -1.40. The standard InChI is InChI=1S/C19H32F2O/c1-12-3-6-14(7-4-12)8-10-15-11-16-9-5-13(2)22-19(16)18(21)17(15)20/h12-19H,3-11H2,1-2H3. The van der Waals surface area contributed by atoms with Gasteiger partial charge in [0, 0.05) is 0 Å². The van der Waals surface area contributed by atoms with Crippen LogP contribution in [0.3, 0.4) is 0 Å². The molecule has 128 valence electrons. The second-order valence-corrected chi connectivity index (χ2v) is 8.34. The Morgan fingerprint density at radius 2 is 1.59 bits per heavy atom. The summed E-state index contributed by atoms with van der Waals surface area (Å²) in [6, 6.07) is 0. The zero-order valence-electron chi connectivity index (χ0n) is 14.1. The van der Waals surface area contributed by atoms with Crippen LogP contribution in [0, 0.1) is 23.7 Å².